The highest BCUT2D eigenvalue weighted by Gasteiger charge is 2.20. The molecule has 0 aliphatic rings. The zero-order chi connectivity index (χ0) is 15.3. The van der Waals surface area contributed by atoms with Crippen molar-refractivity contribution in [3.8, 4) is 0 Å². The lowest BCUT2D eigenvalue weighted by Gasteiger charge is -2.23. The molecule has 0 radical (unpaired) electrons. The number of likely N-dealkylation sites (N-methyl/N-ethyl adjacent to an activating group) is 1. The molecule has 0 fully saturated rings. The molecule has 0 aliphatic heterocycles. The van der Waals surface area contributed by atoms with Crippen LogP contribution in [-0.4, -0.2) is 35.8 Å². The molecule has 1 atom stereocenters. The number of carbonyl (C=O) groups is 2. The molecule has 0 spiro atoms. The number of hydrogen-bond donors (Lipinski definition) is 3. The van der Waals surface area contributed by atoms with Crippen LogP contribution in [0.25, 0.3) is 0 Å². The van der Waals surface area contributed by atoms with E-state index in [4.69, 9.17) is 11.5 Å². The topological polar surface area (TPSA) is 101 Å². The lowest BCUT2D eigenvalue weighted by molar-refractivity contribution is -0.132. The van der Waals surface area contributed by atoms with Crippen LogP contribution in [0.15, 0.2) is 18.2 Å². The molecule has 6 heteroatoms. The molecule has 0 saturated carbocycles. The van der Waals surface area contributed by atoms with Crippen molar-refractivity contribution in [1.82, 2.24) is 10.2 Å². The Morgan fingerprint density at radius 2 is 1.65 bits per heavy atom. The van der Waals surface area contributed by atoms with E-state index in [9.17, 15) is 9.59 Å². The third-order valence-electron chi connectivity index (χ3n) is 3.03. The Balaban J connectivity index is 2.77. The van der Waals surface area contributed by atoms with E-state index in [1.165, 1.54) is 12.1 Å². The fourth-order valence-corrected chi connectivity index (χ4v) is 1.96. The Morgan fingerprint density at radius 1 is 1.15 bits per heavy atom. The van der Waals surface area contributed by atoms with E-state index >= 15 is 0 Å². The number of nitrogens with zero attached hydrogens (tertiary/aromatic N) is 1. The summed E-state index contributed by atoms with van der Waals surface area (Å²) in [6.07, 6.45) is 0. The molecule has 1 aromatic carbocycles. The lowest BCUT2D eigenvalue weighted by Crippen LogP contribution is -2.46. The molecule has 6 nitrogen and oxygen atoms in total. The summed E-state index contributed by atoms with van der Waals surface area (Å²) in [4.78, 5) is 25.8. The van der Waals surface area contributed by atoms with Crippen LogP contribution in [0.2, 0.25) is 0 Å². The van der Waals surface area contributed by atoms with Gasteiger partial charge in [0.25, 0.3) is 5.91 Å². The van der Waals surface area contributed by atoms with Gasteiger partial charge in [0.15, 0.2) is 0 Å². The second kappa shape index (κ2) is 6.79. The summed E-state index contributed by atoms with van der Waals surface area (Å²) in [5.41, 5.74) is 12.5. The van der Waals surface area contributed by atoms with Crippen LogP contribution in [0.4, 0.5) is 11.4 Å². The van der Waals surface area contributed by atoms with Gasteiger partial charge < -0.3 is 21.7 Å². The lowest BCUT2D eigenvalue weighted by atomic mass is 10.1. The minimum Gasteiger partial charge on any atom is -0.399 e. The third-order valence-corrected chi connectivity index (χ3v) is 3.03. The van der Waals surface area contributed by atoms with Gasteiger partial charge in [-0.15, -0.1) is 0 Å². The third kappa shape index (κ3) is 3.88. The van der Waals surface area contributed by atoms with Crippen LogP contribution in [0.1, 0.15) is 31.1 Å². The van der Waals surface area contributed by atoms with Gasteiger partial charge in [-0.05, 0) is 39.0 Å². The van der Waals surface area contributed by atoms with Crippen LogP contribution in [-0.2, 0) is 4.79 Å². The zero-order valence-corrected chi connectivity index (χ0v) is 12.1. The van der Waals surface area contributed by atoms with E-state index < -0.39 is 6.04 Å². The number of carbonyl (C=O) groups excluding carboxylic acids is 2. The first kappa shape index (κ1) is 15.8. The average molecular weight is 278 g/mol. The SMILES string of the molecule is CCN(CC)C(=O)C(C)NC(=O)c1cc(N)cc(N)c1. The number of nitrogens with one attached hydrogen (secondary N) is 1. The highest BCUT2D eigenvalue weighted by molar-refractivity contribution is 5.98. The quantitative estimate of drug-likeness (QED) is 0.694. The van der Waals surface area contributed by atoms with Crippen molar-refractivity contribution in [3.63, 3.8) is 0 Å². The van der Waals surface area contributed by atoms with Crippen LogP contribution in [0, 0.1) is 0 Å². The van der Waals surface area contributed by atoms with Gasteiger partial charge in [-0.2, -0.15) is 0 Å². The summed E-state index contributed by atoms with van der Waals surface area (Å²) in [6.45, 7) is 6.68. The Kier molecular flexibility index (Phi) is 5.37. The van der Waals surface area contributed by atoms with E-state index in [1.54, 1.807) is 17.9 Å². The van der Waals surface area contributed by atoms with Gasteiger partial charge in [-0.3, -0.25) is 9.59 Å². The number of benzene rings is 1. The van der Waals surface area contributed by atoms with Gasteiger partial charge in [-0.1, -0.05) is 0 Å². The monoisotopic (exact) mass is 278 g/mol. The standard InChI is InChI=1S/C14H22N4O2/c1-4-18(5-2)14(20)9(3)17-13(19)10-6-11(15)8-12(16)7-10/h6-9H,4-5,15-16H2,1-3H3,(H,17,19). The number of nitrogens with two attached hydrogens (primary N) is 2. The first-order valence-electron chi connectivity index (χ1n) is 6.64. The molecule has 5 N–H and O–H groups in total. The molecule has 0 saturated heterocycles. The Labute approximate surface area is 119 Å². The van der Waals surface area contributed by atoms with E-state index in [-0.39, 0.29) is 11.8 Å². The fourth-order valence-electron chi connectivity index (χ4n) is 1.96. The second-order valence-corrected chi connectivity index (χ2v) is 4.59. The number of nitrogen functional groups attached to an aromatic ring is 2. The van der Waals surface area contributed by atoms with Gasteiger partial charge in [-0.25, -0.2) is 0 Å². The summed E-state index contributed by atoms with van der Waals surface area (Å²) in [5.74, 6) is -0.475. The fraction of sp³-hybridized carbons (Fsp3) is 0.429. The van der Waals surface area contributed by atoms with Crippen LogP contribution >= 0.6 is 0 Å². The average Bonchev–Trinajstić information content (AvgIpc) is 2.38. The molecule has 20 heavy (non-hydrogen) atoms. The maximum atomic E-state index is 12.1. The van der Waals surface area contributed by atoms with Crippen molar-refractivity contribution >= 4 is 23.2 Å². The van der Waals surface area contributed by atoms with E-state index in [0.29, 0.717) is 30.0 Å². The van der Waals surface area contributed by atoms with Crippen LogP contribution < -0.4 is 16.8 Å². The summed E-state index contributed by atoms with van der Waals surface area (Å²) in [7, 11) is 0. The molecule has 0 aliphatic carbocycles. The van der Waals surface area contributed by atoms with Crippen LogP contribution in [0.3, 0.4) is 0 Å². The van der Waals surface area contributed by atoms with E-state index in [1.807, 2.05) is 13.8 Å². The van der Waals surface area contributed by atoms with E-state index in [2.05, 4.69) is 5.32 Å². The van der Waals surface area contributed by atoms with E-state index in [0.717, 1.165) is 0 Å². The molecule has 110 valence electrons. The molecule has 0 aromatic heterocycles. The van der Waals surface area contributed by atoms with Crippen molar-refractivity contribution in [2.75, 3.05) is 24.6 Å². The Hall–Kier alpha value is -2.24. The predicted octanol–water partition coefficient (Wildman–Crippen LogP) is 0.838. The zero-order valence-electron chi connectivity index (χ0n) is 12.1. The number of amides is 2. The molecule has 1 unspecified atom stereocenters. The molecule has 0 bridgehead atoms. The Morgan fingerprint density at radius 3 is 2.10 bits per heavy atom. The minimum atomic E-state index is -0.593. The molecule has 2 amide bonds. The van der Waals surface area contributed by atoms with Gasteiger partial charge in [0, 0.05) is 30.0 Å². The highest BCUT2D eigenvalue weighted by atomic mass is 16.2. The van der Waals surface area contributed by atoms with Crippen molar-refractivity contribution in [1.29, 1.82) is 0 Å². The second-order valence-electron chi connectivity index (χ2n) is 4.59. The maximum absolute atomic E-state index is 12.1. The number of hydrogen-bond acceptors (Lipinski definition) is 4. The van der Waals surface area contributed by atoms with Crippen LogP contribution in [0.5, 0.6) is 0 Å². The normalized spacial score (nSPS) is 11.8. The van der Waals surface area contributed by atoms with Crippen molar-refractivity contribution < 1.29 is 9.59 Å². The molecular weight excluding hydrogens is 256 g/mol. The first-order chi connectivity index (χ1) is 9.38. The number of rotatable bonds is 5. The summed E-state index contributed by atoms with van der Waals surface area (Å²) in [5, 5.41) is 2.66. The molecular formula is C14H22N4O2. The summed E-state index contributed by atoms with van der Waals surface area (Å²) in [6, 6.07) is 4.03. The molecule has 0 heterocycles. The summed E-state index contributed by atoms with van der Waals surface area (Å²) >= 11 is 0. The molecule has 1 rings (SSSR count). The maximum Gasteiger partial charge on any atom is 0.252 e. The molecule has 1 aromatic rings. The smallest absolute Gasteiger partial charge is 0.252 e. The minimum absolute atomic E-state index is 0.111. The summed E-state index contributed by atoms with van der Waals surface area (Å²) < 4.78 is 0. The van der Waals surface area contributed by atoms with Gasteiger partial charge in [0.2, 0.25) is 5.91 Å². The van der Waals surface area contributed by atoms with Gasteiger partial charge in [0.05, 0.1) is 0 Å². The Bertz CT molecular complexity index is 478. The highest BCUT2D eigenvalue weighted by Crippen LogP contribution is 2.13. The van der Waals surface area contributed by atoms with Crippen molar-refractivity contribution in [2.24, 2.45) is 0 Å². The first-order valence-corrected chi connectivity index (χ1v) is 6.64. The van der Waals surface area contributed by atoms with Gasteiger partial charge >= 0.3 is 0 Å². The largest absolute Gasteiger partial charge is 0.399 e. The van der Waals surface area contributed by atoms with Crippen molar-refractivity contribution in [3.05, 3.63) is 23.8 Å². The predicted molar refractivity (Wildman–Crippen MR) is 80.1 cm³/mol. The number of anilines is 2. The van der Waals surface area contributed by atoms with Crippen molar-refractivity contribution in [2.45, 2.75) is 26.8 Å². The van der Waals surface area contributed by atoms with Gasteiger partial charge in [0.1, 0.15) is 6.04 Å².